The summed E-state index contributed by atoms with van der Waals surface area (Å²) in [6, 6.07) is 21.0. The van der Waals surface area contributed by atoms with Crippen LogP contribution in [0.5, 0.6) is 0 Å². The second-order valence-corrected chi connectivity index (χ2v) is 10.9. The first-order valence-corrected chi connectivity index (χ1v) is 13.6. The van der Waals surface area contributed by atoms with E-state index >= 15 is 0 Å². The third-order valence-corrected chi connectivity index (χ3v) is 8.77. The normalized spacial score (nSPS) is 15.5. The van der Waals surface area contributed by atoms with Crippen LogP contribution in [0.25, 0.3) is 16.0 Å². The number of thiophene rings is 1. The first kappa shape index (κ1) is 22.3. The van der Waals surface area contributed by atoms with Crippen LogP contribution in [0, 0.1) is 0 Å². The third kappa shape index (κ3) is 4.11. The van der Waals surface area contributed by atoms with Crippen LogP contribution in [0.3, 0.4) is 0 Å². The van der Waals surface area contributed by atoms with Crippen LogP contribution < -0.4 is 10.5 Å². The van der Waals surface area contributed by atoms with Gasteiger partial charge in [0.15, 0.2) is 5.16 Å². The number of fused-ring (bicyclic) bond motifs is 5. The summed E-state index contributed by atoms with van der Waals surface area (Å²) in [7, 11) is 0. The predicted molar refractivity (Wildman–Crippen MR) is 142 cm³/mol. The maximum Gasteiger partial charge on any atom is 0.264 e. The molecule has 1 unspecified atom stereocenters. The zero-order valence-corrected chi connectivity index (χ0v) is 20.9. The predicted octanol–water partition coefficient (Wildman–Crippen LogP) is 3.73. The Morgan fingerprint density at radius 3 is 2.54 bits per heavy atom. The SMILES string of the molecule is C=CCn1c(=O)c2c3c(sc2n2c(SCc4ccccc4)nnc12)C[NH+](Cc1ccccc1)CC3. The Balaban J connectivity index is 1.43. The minimum atomic E-state index is 0.0171. The van der Waals surface area contributed by atoms with Crippen molar-refractivity contribution in [3.63, 3.8) is 0 Å². The van der Waals surface area contributed by atoms with Crippen LogP contribution in [-0.2, 0) is 31.8 Å². The first-order chi connectivity index (χ1) is 17.2. The zero-order chi connectivity index (χ0) is 23.8. The molecule has 4 heterocycles. The van der Waals surface area contributed by atoms with Gasteiger partial charge in [0.25, 0.3) is 5.56 Å². The lowest BCUT2D eigenvalue weighted by Crippen LogP contribution is -3.10. The van der Waals surface area contributed by atoms with Crippen LogP contribution in [0.4, 0.5) is 0 Å². The summed E-state index contributed by atoms with van der Waals surface area (Å²) < 4.78 is 3.80. The van der Waals surface area contributed by atoms with Gasteiger partial charge in [-0.05, 0) is 11.1 Å². The van der Waals surface area contributed by atoms with Crippen LogP contribution in [0.1, 0.15) is 21.6 Å². The van der Waals surface area contributed by atoms with Crippen molar-refractivity contribution in [3.05, 3.63) is 105 Å². The van der Waals surface area contributed by atoms with E-state index in [1.54, 1.807) is 33.7 Å². The average molecular weight is 501 g/mol. The van der Waals surface area contributed by atoms with Gasteiger partial charge in [-0.1, -0.05) is 78.5 Å². The molecular weight excluding hydrogens is 474 g/mol. The van der Waals surface area contributed by atoms with Gasteiger partial charge in [0.1, 0.15) is 17.9 Å². The molecule has 0 fully saturated rings. The lowest BCUT2D eigenvalue weighted by atomic mass is 10.0. The Morgan fingerprint density at radius 2 is 1.80 bits per heavy atom. The summed E-state index contributed by atoms with van der Waals surface area (Å²) in [5.74, 6) is 1.38. The molecule has 0 radical (unpaired) electrons. The minimum Gasteiger partial charge on any atom is -0.326 e. The monoisotopic (exact) mass is 500 g/mol. The molecule has 0 bridgehead atoms. The molecule has 1 atom stereocenters. The first-order valence-electron chi connectivity index (χ1n) is 11.8. The topological polar surface area (TPSA) is 56.6 Å². The van der Waals surface area contributed by atoms with Gasteiger partial charge in [-0.3, -0.25) is 9.36 Å². The fraction of sp³-hybridized carbons (Fsp3) is 0.222. The number of hydrogen-bond donors (Lipinski definition) is 1. The van der Waals surface area contributed by atoms with E-state index in [4.69, 9.17) is 0 Å². The van der Waals surface area contributed by atoms with Gasteiger partial charge >= 0.3 is 0 Å². The van der Waals surface area contributed by atoms with Gasteiger partial charge in [0.2, 0.25) is 5.78 Å². The molecule has 8 heteroatoms. The molecule has 6 nitrogen and oxygen atoms in total. The van der Waals surface area contributed by atoms with Crippen molar-refractivity contribution < 1.29 is 4.90 Å². The summed E-state index contributed by atoms with van der Waals surface area (Å²) in [5.41, 5.74) is 3.80. The number of aromatic nitrogens is 4. The van der Waals surface area contributed by atoms with Gasteiger partial charge in [-0.2, -0.15) is 0 Å². The highest BCUT2D eigenvalue weighted by molar-refractivity contribution is 7.98. The molecule has 5 aromatic rings. The number of allylic oxidation sites excluding steroid dienone is 1. The third-order valence-electron chi connectivity index (χ3n) is 6.55. The quantitative estimate of drug-likeness (QED) is 0.273. The average Bonchev–Trinajstić information content (AvgIpc) is 3.48. The van der Waals surface area contributed by atoms with E-state index in [0.717, 1.165) is 47.2 Å². The van der Waals surface area contributed by atoms with E-state index in [1.807, 2.05) is 6.07 Å². The van der Waals surface area contributed by atoms with Crippen molar-refractivity contribution in [2.45, 2.75) is 37.0 Å². The molecule has 0 amide bonds. The number of benzene rings is 2. The second kappa shape index (κ2) is 9.45. The van der Waals surface area contributed by atoms with Gasteiger partial charge in [0, 0.05) is 24.3 Å². The molecule has 0 saturated carbocycles. The maximum atomic E-state index is 13.7. The molecule has 1 N–H and O–H groups in total. The summed E-state index contributed by atoms with van der Waals surface area (Å²) in [6.45, 7) is 7.23. The van der Waals surface area contributed by atoms with Crippen molar-refractivity contribution in [2.75, 3.05) is 6.54 Å². The Bertz CT molecular complexity index is 1570. The molecule has 0 saturated heterocycles. The van der Waals surface area contributed by atoms with Crippen molar-refractivity contribution in [1.29, 1.82) is 0 Å². The fourth-order valence-electron chi connectivity index (χ4n) is 4.89. The van der Waals surface area contributed by atoms with Crippen molar-refractivity contribution >= 4 is 39.1 Å². The Labute approximate surface area is 211 Å². The molecule has 35 heavy (non-hydrogen) atoms. The standard InChI is InChI=1S/C27H25N5OS2/c1-2-14-31-24(33)23-21-13-15-30(16-19-9-5-3-6-10-19)17-22(21)35-25(23)32-26(31)28-29-27(32)34-18-20-11-7-4-8-12-20/h2-12H,1,13-18H2/p+1. The zero-order valence-electron chi connectivity index (χ0n) is 19.3. The molecule has 3 aromatic heterocycles. The maximum absolute atomic E-state index is 13.7. The Hall–Kier alpha value is -3.20. The largest absolute Gasteiger partial charge is 0.326 e. The molecule has 176 valence electrons. The molecule has 0 aliphatic carbocycles. The highest BCUT2D eigenvalue weighted by atomic mass is 32.2. The second-order valence-electron chi connectivity index (χ2n) is 8.87. The van der Waals surface area contributed by atoms with Crippen molar-refractivity contribution in [1.82, 2.24) is 19.2 Å². The Morgan fingerprint density at radius 1 is 1.06 bits per heavy atom. The summed E-state index contributed by atoms with van der Waals surface area (Å²) in [6.07, 6.45) is 2.66. The minimum absolute atomic E-state index is 0.0171. The summed E-state index contributed by atoms with van der Waals surface area (Å²) in [5, 5.41) is 10.6. The lowest BCUT2D eigenvalue weighted by molar-refractivity contribution is -0.929. The van der Waals surface area contributed by atoms with Gasteiger partial charge in [-0.15, -0.1) is 28.1 Å². The molecule has 0 spiro atoms. The summed E-state index contributed by atoms with van der Waals surface area (Å²) >= 11 is 3.39. The van der Waals surface area contributed by atoms with Crippen molar-refractivity contribution in [3.8, 4) is 0 Å². The van der Waals surface area contributed by atoms with E-state index in [0.29, 0.717) is 12.3 Å². The van der Waals surface area contributed by atoms with Gasteiger partial charge < -0.3 is 4.90 Å². The number of hydrogen-bond acceptors (Lipinski definition) is 5. The molecular formula is C27H26N5OS2+. The highest BCUT2D eigenvalue weighted by Crippen LogP contribution is 2.33. The van der Waals surface area contributed by atoms with Gasteiger partial charge in [-0.25, -0.2) is 4.40 Å². The van der Waals surface area contributed by atoms with E-state index < -0.39 is 0 Å². The molecule has 1 aliphatic rings. The lowest BCUT2D eigenvalue weighted by Gasteiger charge is -2.23. The highest BCUT2D eigenvalue weighted by Gasteiger charge is 2.29. The number of nitrogens with zero attached hydrogens (tertiary/aromatic N) is 4. The number of nitrogens with one attached hydrogen (secondary N) is 1. The van der Waals surface area contributed by atoms with Crippen LogP contribution in [0.15, 0.2) is 83.3 Å². The molecule has 6 rings (SSSR count). The van der Waals surface area contributed by atoms with Crippen LogP contribution in [0.2, 0.25) is 0 Å². The number of quaternary nitrogens is 1. The van der Waals surface area contributed by atoms with Crippen molar-refractivity contribution in [2.24, 2.45) is 0 Å². The number of thioether (sulfide) groups is 1. The molecule has 2 aromatic carbocycles. The Kier molecular flexibility index (Phi) is 6.01. The van der Waals surface area contributed by atoms with Crippen LogP contribution >= 0.6 is 23.1 Å². The van der Waals surface area contributed by atoms with Crippen LogP contribution in [-0.4, -0.2) is 25.7 Å². The van der Waals surface area contributed by atoms with E-state index in [9.17, 15) is 4.79 Å². The van der Waals surface area contributed by atoms with Gasteiger partial charge in [0.05, 0.1) is 16.8 Å². The summed E-state index contributed by atoms with van der Waals surface area (Å²) in [4.78, 5) is 17.5. The van der Waals surface area contributed by atoms with E-state index in [-0.39, 0.29) is 5.56 Å². The fourth-order valence-corrected chi connectivity index (χ4v) is 7.24. The molecule has 1 aliphatic heterocycles. The van der Waals surface area contributed by atoms with E-state index in [1.165, 1.54) is 26.5 Å². The van der Waals surface area contributed by atoms with E-state index in [2.05, 4.69) is 75.8 Å². The number of rotatable bonds is 7. The smallest absolute Gasteiger partial charge is 0.264 e.